The molecule has 1 fully saturated rings. The van der Waals surface area contributed by atoms with E-state index in [1.54, 1.807) is 0 Å². The molecular formula is C13H24BrNO. The van der Waals surface area contributed by atoms with Crippen molar-refractivity contribution in [2.75, 3.05) is 13.1 Å². The molecule has 0 aromatic carbocycles. The summed E-state index contributed by atoms with van der Waals surface area (Å²) in [5, 5.41) is 0. The highest BCUT2D eigenvalue weighted by atomic mass is 79.9. The third-order valence-corrected chi connectivity index (χ3v) is 4.19. The van der Waals surface area contributed by atoms with Gasteiger partial charge in [-0.05, 0) is 19.3 Å². The van der Waals surface area contributed by atoms with Crippen molar-refractivity contribution in [1.82, 2.24) is 4.90 Å². The van der Waals surface area contributed by atoms with Gasteiger partial charge in [0.05, 0.1) is 0 Å². The Hall–Kier alpha value is -0.0500. The molecule has 1 rings (SSSR count). The summed E-state index contributed by atoms with van der Waals surface area (Å²) in [6.45, 7) is 4.11. The predicted octanol–water partition coefficient (Wildman–Crippen LogP) is 3.73. The van der Waals surface area contributed by atoms with Crippen LogP contribution in [0.25, 0.3) is 0 Å². The standard InChI is InChI=1S/C13H24BrNO/c1-2-3-4-5-6-7-13(16)15-10-8-12(14)9-11-15/h12H,2-11H2,1H3. The molecule has 0 unspecified atom stereocenters. The Morgan fingerprint density at radius 2 is 1.81 bits per heavy atom. The number of rotatable bonds is 6. The van der Waals surface area contributed by atoms with Gasteiger partial charge in [0.15, 0.2) is 0 Å². The lowest BCUT2D eigenvalue weighted by Gasteiger charge is -2.29. The van der Waals surface area contributed by atoms with Crippen LogP contribution in [0.15, 0.2) is 0 Å². The summed E-state index contributed by atoms with van der Waals surface area (Å²) >= 11 is 3.61. The van der Waals surface area contributed by atoms with Crippen LogP contribution >= 0.6 is 15.9 Å². The third-order valence-electron chi connectivity index (χ3n) is 3.27. The topological polar surface area (TPSA) is 20.3 Å². The van der Waals surface area contributed by atoms with Gasteiger partial charge in [-0.15, -0.1) is 0 Å². The van der Waals surface area contributed by atoms with Crippen LogP contribution in [0.4, 0.5) is 0 Å². The lowest BCUT2D eigenvalue weighted by atomic mass is 10.1. The molecule has 1 amide bonds. The number of amides is 1. The molecule has 94 valence electrons. The van der Waals surface area contributed by atoms with E-state index in [2.05, 4.69) is 22.9 Å². The number of carbonyl (C=O) groups excluding carboxylic acids is 1. The van der Waals surface area contributed by atoms with Crippen molar-refractivity contribution in [1.29, 1.82) is 0 Å². The highest BCUT2D eigenvalue weighted by molar-refractivity contribution is 9.09. The smallest absolute Gasteiger partial charge is 0.222 e. The van der Waals surface area contributed by atoms with Crippen LogP contribution < -0.4 is 0 Å². The Labute approximate surface area is 108 Å². The minimum absolute atomic E-state index is 0.371. The number of carbonyl (C=O) groups is 1. The predicted molar refractivity (Wildman–Crippen MR) is 71.9 cm³/mol. The second kappa shape index (κ2) is 8.10. The van der Waals surface area contributed by atoms with Crippen molar-refractivity contribution in [3.05, 3.63) is 0 Å². The van der Waals surface area contributed by atoms with E-state index in [0.717, 1.165) is 38.8 Å². The van der Waals surface area contributed by atoms with E-state index in [4.69, 9.17) is 0 Å². The van der Waals surface area contributed by atoms with Gasteiger partial charge in [0, 0.05) is 24.3 Å². The fourth-order valence-electron chi connectivity index (χ4n) is 2.14. The first-order valence-electron chi connectivity index (χ1n) is 6.66. The van der Waals surface area contributed by atoms with Crippen LogP contribution in [0.2, 0.25) is 0 Å². The molecule has 0 bridgehead atoms. The molecule has 0 aromatic rings. The Balaban J connectivity index is 2.06. The zero-order valence-corrected chi connectivity index (χ0v) is 12.0. The van der Waals surface area contributed by atoms with Crippen LogP contribution in [-0.2, 0) is 4.79 Å². The highest BCUT2D eigenvalue weighted by Gasteiger charge is 2.20. The van der Waals surface area contributed by atoms with Gasteiger partial charge in [-0.3, -0.25) is 4.79 Å². The monoisotopic (exact) mass is 289 g/mol. The average molecular weight is 290 g/mol. The minimum Gasteiger partial charge on any atom is -0.343 e. The quantitative estimate of drug-likeness (QED) is 0.539. The molecule has 0 aliphatic carbocycles. The maximum Gasteiger partial charge on any atom is 0.222 e. The molecule has 1 saturated heterocycles. The summed E-state index contributed by atoms with van der Waals surface area (Å²) in [4.78, 5) is 14.5. The van der Waals surface area contributed by atoms with Crippen LogP contribution in [0.1, 0.15) is 58.3 Å². The molecule has 3 heteroatoms. The van der Waals surface area contributed by atoms with Crippen molar-refractivity contribution >= 4 is 21.8 Å². The molecule has 1 heterocycles. The molecule has 0 saturated carbocycles. The number of hydrogen-bond acceptors (Lipinski definition) is 1. The Bertz CT molecular complexity index is 200. The first kappa shape index (κ1) is 14.0. The summed E-state index contributed by atoms with van der Waals surface area (Å²) < 4.78 is 0. The first-order chi connectivity index (χ1) is 7.74. The normalized spacial score (nSPS) is 17.8. The average Bonchev–Trinajstić information content (AvgIpc) is 2.29. The zero-order chi connectivity index (χ0) is 11.8. The molecule has 0 N–H and O–H groups in total. The first-order valence-corrected chi connectivity index (χ1v) is 7.57. The lowest BCUT2D eigenvalue weighted by Crippen LogP contribution is -2.38. The van der Waals surface area contributed by atoms with Crippen molar-refractivity contribution in [2.45, 2.75) is 63.1 Å². The molecule has 16 heavy (non-hydrogen) atoms. The molecule has 0 radical (unpaired) electrons. The van der Waals surface area contributed by atoms with Crippen LogP contribution in [0.5, 0.6) is 0 Å². The van der Waals surface area contributed by atoms with E-state index >= 15 is 0 Å². The molecule has 1 aliphatic heterocycles. The fourth-order valence-corrected chi connectivity index (χ4v) is 2.54. The lowest BCUT2D eigenvalue weighted by molar-refractivity contribution is -0.132. The summed E-state index contributed by atoms with van der Waals surface area (Å²) in [6, 6.07) is 0. The number of likely N-dealkylation sites (tertiary alicyclic amines) is 1. The molecular weight excluding hydrogens is 266 g/mol. The Morgan fingerprint density at radius 3 is 2.44 bits per heavy atom. The Morgan fingerprint density at radius 1 is 1.19 bits per heavy atom. The van der Waals surface area contributed by atoms with Crippen molar-refractivity contribution in [2.24, 2.45) is 0 Å². The van der Waals surface area contributed by atoms with Gasteiger partial charge < -0.3 is 4.90 Å². The maximum atomic E-state index is 11.8. The number of nitrogens with zero attached hydrogens (tertiary/aromatic N) is 1. The molecule has 0 atom stereocenters. The van der Waals surface area contributed by atoms with Gasteiger partial charge in [0.25, 0.3) is 0 Å². The number of piperidine rings is 1. The fraction of sp³-hybridized carbons (Fsp3) is 0.923. The minimum atomic E-state index is 0.371. The highest BCUT2D eigenvalue weighted by Crippen LogP contribution is 2.18. The molecule has 2 nitrogen and oxygen atoms in total. The number of alkyl halides is 1. The largest absolute Gasteiger partial charge is 0.343 e. The van der Waals surface area contributed by atoms with Crippen molar-refractivity contribution in [3.8, 4) is 0 Å². The molecule has 0 spiro atoms. The second-order valence-electron chi connectivity index (χ2n) is 4.72. The van der Waals surface area contributed by atoms with Gasteiger partial charge >= 0.3 is 0 Å². The number of hydrogen-bond donors (Lipinski definition) is 0. The maximum absolute atomic E-state index is 11.8. The van der Waals surface area contributed by atoms with Crippen molar-refractivity contribution < 1.29 is 4.79 Å². The van der Waals surface area contributed by atoms with Crippen LogP contribution in [-0.4, -0.2) is 28.7 Å². The van der Waals surface area contributed by atoms with Gasteiger partial charge in [-0.25, -0.2) is 0 Å². The summed E-state index contributed by atoms with van der Waals surface area (Å²) in [7, 11) is 0. The van der Waals surface area contributed by atoms with Gasteiger partial charge in [-0.2, -0.15) is 0 Å². The SMILES string of the molecule is CCCCCCCC(=O)N1CCC(Br)CC1. The van der Waals surface area contributed by atoms with Crippen LogP contribution in [0.3, 0.4) is 0 Å². The van der Waals surface area contributed by atoms with Crippen LogP contribution in [0, 0.1) is 0 Å². The van der Waals surface area contributed by atoms with Gasteiger partial charge in [0.1, 0.15) is 0 Å². The second-order valence-corrected chi connectivity index (χ2v) is 6.01. The van der Waals surface area contributed by atoms with E-state index in [0.29, 0.717) is 10.7 Å². The summed E-state index contributed by atoms with van der Waals surface area (Å²) in [5.74, 6) is 0.371. The van der Waals surface area contributed by atoms with E-state index in [1.807, 2.05) is 4.90 Å². The van der Waals surface area contributed by atoms with E-state index in [9.17, 15) is 4.79 Å². The number of unbranched alkanes of at least 4 members (excludes halogenated alkanes) is 4. The summed E-state index contributed by atoms with van der Waals surface area (Å²) in [5.41, 5.74) is 0. The third kappa shape index (κ3) is 5.33. The van der Waals surface area contributed by atoms with Gasteiger partial charge in [0.2, 0.25) is 5.91 Å². The Kier molecular flexibility index (Phi) is 7.10. The van der Waals surface area contributed by atoms with E-state index in [-0.39, 0.29) is 0 Å². The van der Waals surface area contributed by atoms with E-state index < -0.39 is 0 Å². The molecule has 0 aromatic heterocycles. The number of halogens is 1. The zero-order valence-electron chi connectivity index (χ0n) is 10.4. The summed E-state index contributed by atoms with van der Waals surface area (Å²) in [6.07, 6.45) is 9.14. The van der Waals surface area contributed by atoms with Crippen molar-refractivity contribution in [3.63, 3.8) is 0 Å². The van der Waals surface area contributed by atoms with Gasteiger partial charge in [-0.1, -0.05) is 48.5 Å². The van der Waals surface area contributed by atoms with E-state index in [1.165, 1.54) is 25.7 Å². The molecule has 1 aliphatic rings.